The molecule has 1 saturated heterocycles. The van der Waals surface area contributed by atoms with E-state index < -0.39 is 31.3 Å². The number of piperidine rings is 1. The maximum absolute atomic E-state index is 13.9. The van der Waals surface area contributed by atoms with Gasteiger partial charge >= 0.3 is 12.3 Å². The van der Waals surface area contributed by atoms with Crippen molar-refractivity contribution in [1.82, 2.24) is 14.7 Å². The van der Waals surface area contributed by atoms with Crippen LogP contribution in [0, 0.1) is 6.92 Å². The molecule has 40 heavy (non-hydrogen) atoms. The van der Waals surface area contributed by atoms with Crippen molar-refractivity contribution in [2.45, 2.75) is 70.4 Å². The normalized spacial score (nSPS) is 16.0. The molecule has 3 aromatic rings. The molecule has 4 rings (SSSR count). The Labute approximate surface area is 233 Å². The van der Waals surface area contributed by atoms with E-state index in [-0.39, 0.29) is 19.9 Å². The molecule has 1 fully saturated rings. The van der Waals surface area contributed by atoms with Crippen molar-refractivity contribution in [1.29, 1.82) is 0 Å². The van der Waals surface area contributed by atoms with Crippen LogP contribution in [0.4, 0.5) is 18.0 Å². The number of ether oxygens (including phenoxy) is 2. The molecule has 0 unspecified atom stereocenters. The largest absolute Gasteiger partial charge is 0.465 e. The molecule has 0 aliphatic carbocycles. The summed E-state index contributed by atoms with van der Waals surface area (Å²) in [6.07, 6.45) is -4.35. The Balaban J connectivity index is 1.57. The molecule has 218 valence electrons. The van der Waals surface area contributed by atoms with E-state index in [9.17, 15) is 23.1 Å². The maximum Gasteiger partial charge on any atom is 0.416 e. The number of hydrogen-bond donors (Lipinski definition) is 1. The van der Waals surface area contributed by atoms with Crippen molar-refractivity contribution in [2.75, 3.05) is 26.3 Å². The molecule has 1 aromatic heterocycles. The third-order valence-corrected chi connectivity index (χ3v) is 9.44. The van der Waals surface area contributed by atoms with E-state index in [4.69, 9.17) is 9.47 Å². The maximum atomic E-state index is 13.9. The molecular weight excluding hydrogens is 539 g/mol. The number of fused-ring (bicyclic) bond motifs is 1. The van der Waals surface area contributed by atoms with Gasteiger partial charge in [0.1, 0.15) is 6.73 Å². The van der Waals surface area contributed by atoms with Gasteiger partial charge in [0.15, 0.2) is 0 Å². The average Bonchev–Trinajstić information content (AvgIpc) is 3.22. The number of nitrogens with zero attached hydrogens (tertiary/aromatic N) is 3. The van der Waals surface area contributed by atoms with Crippen LogP contribution in [0.1, 0.15) is 35.2 Å². The molecule has 1 N–H and O–H groups in total. The number of amides is 1. The minimum atomic E-state index is -4.51. The molecule has 7 nitrogen and oxygen atoms in total. The summed E-state index contributed by atoms with van der Waals surface area (Å²) in [5.41, 5.74) is 1.29. The third-order valence-electron chi connectivity index (χ3n) is 7.74. The molecule has 11 heteroatoms. The Bertz CT molecular complexity index is 1310. The number of benzene rings is 2. The van der Waals surface area contributed by atoms with Gasteiger partial charge in [-0.05, 0) is 43.5 Å². The van der Waals surface area contributed by atoms with Crippen LogP contribution in [0.3, 0.4) is 0 Å². The molecule has 1 aliphatic heterocycles. The Kier molecular flexibility index (Phi) is 8.96. The molecule has 0 spiro atoms. The highest BCUT2D eigenvalue weighted by Crippen LogP contribution is 2.38. The average molecular weight is 578 g/mol. The number of carboxylic acid groups (broad SMARTS) is 1. The standard InChI is InChI=1S/C29H38F3N3O4Si/c1-21-25-17-24(29(30,31)32)16-22(26(25)33-35(21)20-38-14-15-40(2,3)4)18-39-19-28(23-8-6-5-7-9-23)10-12-34(13-11-28)27(36)37/h5-9,16-17H,10-15,18-20H2,1-4H3,(H,36,37). The highest BCUT2D eigenvalue weighted by atomic mass is 28.3. The summed E-state index contributed by atoms with van der Waals surface area (Å²) in [4.78, 5) is 12.9. The van der Waals surface area contributed by atoms with E-state index in [1.165, 1.54) is 4.90 Å². The molecule has 2 aromatic carbocycles. The number of alkyl halides is 3. The van der Waals surface area contributed by atoms with Crippen LogP contribution in [-0.4, -0.2) is 60.3 Å². The number of rotatable bonds is 10. The summed E-state index contributed by atoms with van der Waals surface area (Å²) in [6, 6.07) is 13.0. The molecule has 0 radical (unpaired) electrons. The van der Waals surface area contributed by atoms with Crippen molar-refractivity contribution in [3.63, 3.8) is 0 Å². The topological polar surface area (TPSA) is 76.8 Å². The summed E-state index contributed by atoms with van der Waals surface area (Å²) >= 11 is 0. The highest BCUT2D eigenvalue weighted by molar-refractivity contribution is 6.76. The quantitative estimate of drug-likeness (QED) is 0.209. The van der Waals surface area contributed by atoms with Gasteiger partial charge in [-0.1, -0.05) is 50.0 Å². The van der Waals surface area contributed by atoms with Gasteiger partial charge in [0.2, 0.25) is 0 Å². The van der Waals surface area contributed by atoms with Crippen LogP contribution in [0.5, 0.6) is 0 Å². The fourth-order valence-corrected chi connectivity index (χ4v) is 5.90. The van der Waals surface area contributed by atoms with Crippen molar-refractivity contribution in [2.24, 2.45) is 0 Å². The molecule has 1 amide bonds. The van der Waals surface area contributed by atoms with Crippen LogP contribution in [0.25, 0.3) is 10.9 Å². The summed E-state index contributed by atoms with van der Waals surface area (Å²) in [5, 5.41) is 14.5. The second-order valence-corrected chi connectivity index (χ2v) is 17.5. The lowest BCUT2D eigenvalue weighted by molar-refractivity contribution is -0.137. The summed E-state index contributed by atoms with van der Waals surface area (Å²) in [5.74, 6) is 0. The van der Waals surface area contributed by atoms with E-state index in [0.29, 0.717) is 54.7 Å². The number of aromatic nitrogens is 2. The van der Waals surface area contributed by atoms with Gasteiger partial charge in [-0.15, -0.1) is 0 Å². The lowest BCUT2D eigenvalue weighted by atomic mass is 9.73. The van der Waals surface area contributed by atoms with Crippen molar-refractivity contribution < 1.29 is 32.5 Å². The SMILES string of the molecule is Cc1c2cc(C(F)(F)F)cc(COCC3(c4ccccc4)CCN(C(=O)O)CC3)c2nn1COCC[Si](C)(C)C. The Morgan fingerprint density at radius 1 is 1.10 bits per heavy atom. The van der Waals surface area contributed by atoms with Crippen LogP contribution >= 0.6 is 0 Å². The number of hydrogen-bond acceptors (Lipinski definition) is 4. The zero-order valence-electron chi connectivity index (χ0n) is 23.6. The molecular formula is C29H38F3N3O4Si. The lowest BCUT2D eigenvalue weighted by Crippen LogP contribution is -2.47. The number of halogens is 3. The second-order valence-electron chi connectivity index (χ2n) is 11.9. The summed E-state index contributed by atoms with van der Waals surface area (Å²) < 4.78 is 55.2. The highest BCUT2D eigenvalue weighted by Gasteiger charge is 2.38. The molecule has 0 atom stereocenters. The van der Waals surface area contributed by atoms with Gasteiger partial charge in [0.05, 0.1) is 24.3 Å². The predicted octanol–water partition coefficient (Wildman–Crippen LogP) is 6.90. The first-order valence-electron chi connectivity index (χ1n) is 13.6. The molecule has 2 heterocycles. The zero-order valence-corrected chi connectivity index (χ0v) is 24.6. The predicted molar refractivity (Wildman–Crippen MR) is 150 cm³/mol. The fourth-order valence-electron chi connectivity index (χ4n) is 5.14. The van der Waals surface area contributed by atoms with Crippen molar-refractivity contribution in [3.8, 4) is 0 Å². The van der Waals surface area contributed by atoms with E-state index in [2.05, 4.69) is 24.7 Å². The first-order valence-corrected chi connectivity index (χ1v) is 17.3. The van der Waals surface area contributed by atoms with Gasteiger partial charge in [0, 0.05) is 49.8 Å². The first kappa shape index (κ1) is 30.1. The zero-order chi connectivity index (χ0) is 29.1. The number of carbonyl (C=O) groups is 1. The van der Waals surface area contributed by atoms with Crippen LogP contribution in [-0.2, 0) is 34.4 Å². The number of likely N-dealkylation sites (tertiary alicyclic amines) is 1. The molecule has 0 bridgehead atoms. The van der Waals surface area contributed by atoms with Gasteiger partial charge in [0.25, 0.3) is 0 Å². The second kappa shape index (κ2) is 11.9. The van der Waals surface area contributed by atoms with Crippen LogP contribution in [0.2, 0.25) is 25.7 Å². The fraction of sp³-hybridized carbons (Fsp3) is 0.517. The Morgan fingerprint density at radius 2 is 1.77 bits per heavy atom. The Morgan fingerprint density at radius 3 is 2.38 bits per heavy atom. The van der Waals surface area contributed by atoms with Gasteiger partial charge in [-0.25, -0.2) is 9.48 Å². The first-order chi connectivity index (χ1) is 18.8. The van der Waals surface area contributed by atoms with E-state index in [1.54, 1.807) is 11.6 Å². The third kappa shape index (κ3) is 7.05. The smallest absolute Gasteiger partial charge is 0.416 e. The molecule has 0 saturated carbocycles. The van der Waals surface area contributed by atoms with Gasteiger partial charge < -0.3 is 19.5 Å². The van der Waals surface area contributed by atoms with Gasteiger partial charge in [-0.3, -0.25) is 0 Å². The van der Waals surface area contributed by atoms with Crippen molar-refractivity contribution in [3.05, 3.63) is 64.8 Å². The monoisotopic (exact) mass is 577 g/mol. The van der Waals surface area contributed by atoms with Crippen molar-refractivity contribution >= 4 is 25.1 Å². The van der Waals surface area contributed by atoms with Crippen LogP contribution < -0.4 is 0 Å². The van der Waals surface area contributed by atoms with E-state index in [0.717, 1.165) is 23.7 Å². The van der Waals surface area contributed by atoms with E-state index in [1.807, 2.05) is 30.3 Å². The van der Waals surface area contributed by atoms with E-state index >= 15 is 0 Å². The van der Waals surface area contributed by atoms with Crippen LogP contribution in [0.15, 0.2) is 42.5 Å². The Hall–Kier alpha value is -2.89. The summed E-state index contributed by atoms with van der Waals surface area (Å²) in [6.45, 7) is 10.2. The number of aryl methyl sites for hydroxylation is 1. The minimum Gasteiger partial charge on any atom is -0.465 e. The van der Waals surface area contributed by atoms with Gasteiger partial charge in [-0.2, -0.15) is 18.3 Å². The lowest BCUT2D eigenvalue weighted by Gasteiger charge is -2.41. The minimum absolute atomic E-state index is 0.0510. The summed E-state index contributed by atoms with van der Waals surface area (Å²) in [7, 11) is -1.28. The molecule has 1 aliphatic rings.